The number of guanidine groups is 1. The van der Waals surface area contributed by atoms with Crippen LogP contribution in [0, 0.1) is 0 Å². The lowest BCUT2D eigenvalue weighted by Crippen LogP contribution is -2.46. The number of thioether (sulfide) groups is 1. The van der Waals surface area contributed by atoms with Gasteiger partial charge in [0, 0.05) is 32.5 Å². The van der Waals surface area contributed by atoms with Crippen molar-refractivity contribution in [1.29, 1.82) is 0 Å². The molecule has 1 heterocycles. The van der Waals surface area contributed by atoms with E-state index in [-0.39, 0.29) is 29.6 Å². The van der Waals surface area contributed by atoms with E-state index in [1.54, 1.807) is 7.05 Å². The molecule has 1 saturated heterocycles. The molecule has 0 aromatic rings. The van der Waals surface area contributed by atoms with Gasteiger partial charge in [0.05, 0.1) is 5.60 Å². The van der Waals surface area contributed by atoms with Crippen molar-refractivity contribution in [1.82, 2.24) is 10.6 Å². The Morgan fingerprint density at radius 3 is 2.76 bits per heavy atom. The van der Waals surface area contributed by atoms with E-state index in [9.17, 15) is 0 Å². The molecule has 1 fully saturated rings. The van der Waals surface area contributed by atoms with Crippen molar-refractivity contribution >= 4 is 41.7 Å². The van der Waals surface area contributed by atoms with Crippen molar-refractivity contribution in [3.05, 3.63) is 0 Å². The smallest absolute Gasteiger partial charge is 0.191 e. The van der Waals surface area contributed by atoms with E-state index in [4.69, 9.17) is 4.74 Å². The summed E-state index contributed by atoms with van der Waals surface area (Å²) in [7, 11) is 1.80. The quantitative estimate of drug-likeness (QED) is 0.333. The fourth-order valence-electron chi connectivity index (χ4n) is 1.74. The van der Waals surface area contributed by atoms with Gasteiger partial charge in [-0.1, -0.05) is 0 Å². The summed E-state index contributed by atoms with van der Waals surface area (Å²) in [6.45, 7) is 4.81. The minimum atomic E-state index is -0.0167. The van der Waals surface area contributed by atoms with Crippen LogP contribution in [0.4, 0.5) is 0 Å². The van der Waals surface area contributed by atoms with Gasteiger partial charge in [-0.05, 0) is 26.0 Å². The summed E-state index contributed by atoms with van der Waals surface area (Å²) in [6, 6.07) is 0. The van der Waals surface area contributed by atoms with Gasteiger partial charge in [0.1, 0.15) is 0 Å². The average molecular weight is 373 g/mol. The van der Waals surface area contributed by atoms with Crippen LogP contribution in [-0.2, 0) is 4.74 Å². The molecule has 17 heavy (non-hydrogen) atoms. The van der Waals surface area contributed by atoms with Crippen molar-refractivity contribution in [3.63, 3.8) is 0 Å². The van der Waals surface area contributed by atoms with Crippen molar-refractivity contribution in [2.45, 2.75) is 25.4 Å². The van der Waals surface area contributed by atoms with E-state index in [2.05, 4.69) is 28.8 Å². The summed E-state index contributed by atoms with van der Waals surface area (Å²) in [5.74, 6) is 1.96. The summed E-state index contributed by atoms with van der Waals surface area (Å²) < 4.78 is 5.71. The Morgan fingerprint density at radius 1 is 1.47 bits per heavy atom. The molecule has 0 amide bonds. The fourth-order valence-corrected chi connectivity index (χ4v) is 2.05. The van der Waals surface area contributed by atoms with Gasteiger partial charge in [-0.3, -0.25) is 4.99 Å². The first-order valence-corrected chi connectivity index (χ1v) is 7.17. The van der Waals surface area contributed by atoms with Crippen molar-refractivity contribution < 1.29 is 4.74 Å². The standard InChI is InChI=1S/C11H23N3OS.HI/c1-11(5-4-7-15-11)9-14-10(12-2)13-6-8-16-3;/h4-9H2,1-3H3,(H2,12,13,14);1H. The predicted molar refractivity (Wildman–Crippen MR) is 86.8 cm³/mol. The van der Waals surface area contributed by atoms with Crippen LogP contribution in [-0.4, -0.2) is 50.3 Å². The van der Waals surface area contributed by atoms with Gasteiger partial charge in [-0.15, -0.1) is 24.0 Å². The molecule has 0 saturated carbocycles. The number of nitrogens with one attached hydrogen (secondary N) is 2. The Kier molecular flexibility index (Phi) is 9.44. The number of ether oxygens (including phenoxy) is 1. The normalized spacial score (nSPS) is 24.3. The molecule has 0 bridgehead atoms. The maximum Gasteiger partial charge on any atom is 0.191 e. The van der Waals surface area contributed by atoms with Gasteiger partial charge in [0.2, 0.25) is 0 Å². The van der Waals surface area contributed by atoms with Crippen LogP contribution in [0.3, 0.4) is 0 Å². The van der Waals surface area contributed by atoms with Crippen LogP contribution in [0.1, 0.15) is 19.8 Å². The fraction of sp³-hybridized carbons (Fsp3) is 0.909. The van der Waals surface area contributed by atoms with E-state index >= 15 is 0 Å². The third kappa shape index (κ3) is 6.71. The van der Waals surface area contributed by atoms with E-state index in [0.717, 1.165) is 44.3 Å². The molecule has 0 radical (unpaired) electrons. The molecule has 0 spiro atoms. The van der Waals surface area contributed by atoms with E-state index in [0.29, 0.717) is 0 Å². The third-order valence-corrected chi connectivity index (χ3v) is 3.36. The van der Waals surface area contributed by atoms with Gasteiger partial charge in [0.15, 0.2) is 5.96 Å². The van der Waals surface area contributed by atoms with Crippen molar-refractivity contribution in [2.24, 2.45) is 4.99 Å². The van der Waals surface area contributed by atoms with Crippen LogP contribution >= 0.6 is 35.7 Å². The van der Waals surface area contributed by atoms with E-state index in [1.807, 2.05) is 11.8 Å². The number of hydrogen-bond donors (Lipinski definition) is 2. The maximum atomic E-state index is 5.71. The van der Waals surface area contributed by atoms with Gasteiger partial charge < -0.3 is 15.4 Å². The van der Waals surface area contributed by atoms with E-state index < -0.39 is 0 Å². The van der Waals surface area contributed by atoms with Gasteiger partial charge in [0.25, 0.3) is 0 Å². The monoisotopic (exact) mass is 373 g/mol. The average Bonchev–Trinajstić information content (AvgIpc) is 2.71. The molecule has 0 aromatic heterocycles. The third-order valence-electron chi connectivity index (χ3n) is 2.75. The van der Waals surface area contributed by atoms with Crippen LogP contribution in [0.25, 0.3) is 0 Å². The molecule has 0 aliphatic carbocycles. The summed E-state index contributed by atoms with van der Waals surface area (Å²) in [5.41, 5.74) is -0.0167. The number of halogens is 1. The first kappa shape index (κ1) is 17.3. The summed E-state index contributed by atoms with van der Waals surface area (Å²) in [5, 5.41) is 6.59. The molecule has 4 nitrogen and oxygen atoms in total. The van der Waals surface area contributed by atoms with Gasteiger partial charge in [-0.25, -0.2) is 0 Å². The topological polar surface area (TPSA) is 45.7 Å². The Hall–Kier alpha value is 0.310. The Bertz CT molecular complexity index is 233. The Labute approximate surface area is 126 Å². The number of nitrogens with zero attached hydrogens (tertiary/aromatic N) is 1. The predicted octanol–water partition coefficient (Wildman–Crippen LogP) is 1.70. The van der Waals surface area contributed by atoms with Gasteiger partial charge >= 0.3 is 0 Å². The first-order valence-electron chi connectivity index (χ1n) is 5.77. The molecule has 1 unspecified atom stereocenters. The molecule has 6 heteroatoms. The Morgan fingerprint density at radius 2 is 2.24 bits per heavy atom. The number of hydrogen-bond acceptors (Lipinski definition) is 3. The zero-order valence-corrected chi connectivity index (χ0v) is 14.1. The molecule has 2 N–H and O–H groups in total. The molecular formula is C11H24IN3OS. The molecule has 0 aromatic carbocycles. The molecule has 1 atom stereocenters. The SMILES string of the molecule is CN=C(NCCSC)NCC1(C)CCCO1.I. The largest absolute Gasteiger partial charge is 0.373 e. The Balaban J connectivity index is 0.00000256. The second-order valence-electron chi connectivity index (χ2n) is 4.25. The minimum Gasteiger partial charge on any atom is -0.373 e. The van der Waals surface area contributed by atoms with Crippen LogP contribution in [0.5, 0.6) is 0 Å². The second kappa shape index (κ2) is 9.27. The summed E-state index contributed by atoms with van der Waals surface area (Å²) in [6.07, 6.45) is 4.39. The van der Waals surface area contributed by atoms with Crippen molar-refractivity contribution in [2.75, 3.05) is 38.8 Å². The summed E-state index contributed by atoms with van der Waals surface area (Å²) in [4.78, 5) is 4.18. The van der Waals surface area contributed by atoms with Crippen molar-refractivity contribution in [3.8, 4) is 0 Å². The van der Waals surface area contributed by atoms with Crippen LogP contribution in [0.2, 0.25) is 0 Å². The zero-order valence-electron chi connectivity index (χ0n) is 10.9. The van der Waals surface area contributed by atoms with E-state index in [1.165, 1.54) is 0 Å². The molecule has 1 rings (SSSR count). The summed E-state index contributed by atoms with van der Waals surface area (Å²) >= 11 is 1.83. The highest BCUT2D eigenvalue weighted by molar-refractivity contribution is 14.0. The lowest BCUT2D eigenvalue weighted by molar-refractivity contribution is 0.0243. The molecular weight excluding hydrogens is 349 g/mol. The highest BCUT2D eigenvalue weighted by Crippen LogP contribution is 2.23. The van der Waals surface area contributed by atoms with Crippen LogP contribution < -0.4 is 10.6 Å². The zero-order chi connectivity index (χ0) is 11.9. The van der Waals surface area contributed by atoms with Crippen LogP contribution in [0.15, 0.2) is 4.99 Å². The highest BCUT2D eigenvalue weighted by Gasteiger charge is 2.29. The highest BCUT2D eigenvalue weighted by atomic mass is 127. The second-order valence-corrected chi connectivity index (χ2v) is 5.23. The molecule has 102 valence electrons. The lowest BCUT2D eigenvalue weighted by Gasteiger charge is -2.24. The minimum absolute atomic E-state index is 0. The molecule has 1 aliphatic heterocycles. The molecule has 1 aliphatic rings. The number of rotatable bonds is 5. The number of aliphatic imine (C=N–C) groups is 1. The van der Waals surface area contributed by atoms with Gasteiger partial charge in [-0.2, -0.15) is 11.8 Å². The first-order chi connectivity index (χ1) is 7.70. The lowest BCUT2D eigenvalue weighted by atomic mass is 10.0. The maximum absolute atomic E-state index is 5.71.